The van der Waals surface area contributed by atoms with Crippen molar-refractivity contribution < 1.29 is 9.47 Å². The van der Waals surface area contributed by atoms with Crippen molar-refractivity contribution >= 4 is 0 Å². The molecule has 100 valence electrons. The van der Waals surface area contributed by atoms with Gasteiger partial charge in [-0.1, -0.05) is 6.92 Å². The normalized spacial score (nSPS) is 36.0. The largest absolute Gasteiger partial charge is 0.381 e. The second-order valence-corrected chi connectivity index (χ2v) is 5.94. The molecular weight excluding hydrogens is 214 g/mol. The molecule has 0 aromatic carbocycles. The summed E-state index contributed by atoms with van der Waals surface area (Å²) in [6.45, 7) is 5.71. The predicted octanol–water partition coefficient (Wildman–Crippen LogP) is 2.34. The molecule has 2 N–H and O–H groups in total. The maximum Gasteiger partial charge on any atom is 0.0804 e. The van der Waals surface area contributed by atoms with Crippen LogP contribution in [0.15, 0.2) is 0 Å². The lowest BCUT2D eigenvalue weighted by Gasteiger charge is -2.39. The maximum atomic E-state index is 6.23. The third-order valence-electron chi connectivity index (χ3n) is 4.52. The molecular formula is C14H27NO2. The first-order valence-corrected chi connectivity index (χ1v) is 7.16. The van der Waals surface area contributed by atoms with Crippen molar-refractivity contribution in [3.05, 3.63) is 0 Å². The monoisotopic (exact) mass is 241 g/mol. The molecule has 2 aliphatic rings. The average molecular weight is 241 g/mol. The highest BCUT2D eigenvalue weighted by atomic mass is 16.5. The Bertz CT molecular complexity index is 218. The summed E-state index contributed by atoms with van der Waals surface area (Å²) < 4.78 is 11.6. The fraction of sp³-hybridized carbons (Fsp3) is 1.00. The summed E-state index contributed by atoms with van der Waals surface area (Å²) in [4.78, 5) is 0. The fourth-order valence-corrected chi connectivity index (χ4v) is 2.90. The van der Waals surface area contributed by atoms with Gasteiger partial charge in [0.05, 0.1) is 12.2 Å². The zero-order valence-corrected chi connectivity index (χ0v) is 11.1. The van der Waals surface area contributed by atoms with E-state index in [1.807, 2.05) is 0 Å². The van der Waals surface area contributed by atoms with Crippen LogP contribution in [-0.2, 0) is 9.47 Å². The molecule has 0 atom stereocenters. The van der Waals surface area contributed by atoms with E-state index in [4.69, 9.17) is 15.2 Å². The summed E-state index contributed by atoms with van der Waals surface area (Å²) in [6, 6.07) is 0. The van der Waals surface area contributed by atoms with Crippen molar-refractivity contribution in [1.29, 1.82) is 0 Å². The topological polar surface area (TPSA) is 44.5 Å². The van der Waals surface area contributed by atoms with Gasteiger partial charge in [0.2, 0.25) is 0 Å². The molecule has 3 heteroatoms. The Morgan fingerprint density at radius 2 is 1.82 bits per heavy atom. The van der Waals surface area contributed by atoms with Gasteiger partial charge in [-0.15, -0.1) is 0 Å². The molecule has 1 saturated carbocycles. The number of hydrogen-bond donors (Lipinski definition) is 1. The number of nitrogens with two attached hydrogens (primary N) is 1. The Kier molecular flexibility index (Phi) is 4.83. The van der Waals surface area contributed by atoms with E-state index in [0.29, 0.717) is 12.5 Å². The molecule has 0 unspecified atom stereocenters. The van der Waals surface area contributed by atoms with Gasteiger partial charge >= 0.3 is 0 Å². The van der Waals surface area contributed by atoms with E-state index in [9.17, 15) is 0 Å². The van der Waals surface area contributed by atoms with Crippen LogP contribution < -0.4 is 5.73 Å². The van der Waals surface area contributed by atoms with E-state index in [2.05, 4.69) is 6.92 Å². The molecule has 1 aliphatic carbocycles. The van der Waals surface area contributed by atoms with Gasteiger partial charge < -0.3 is 15.2 Å². The van der Waals surface area contributed by atoms with Gasteiger partial charge in [0, 0.05) is 19.8 Å². The van der Waals surface area contributed by atoms with E-state index in [0.717, 1.165) is 51.4 Å². The maximum absolute atomic E-state index is 6.23. The van der Waals surface area contributed by atoms with Crippen LogP contribution in [0.4, 0.5) is 0 Å². The number of ether oxygens (including phenoxy) is 2. The number of rotatable bonds is 4. The molecule has 2 rings (SSSR count). The summed E-state index contributed by atoms with van der Waals surface area (Å²) in [5.41, 5.74) is 5.94. The highest BCUT2D eigenvalue weighted by molar-refractivity contribution is 4.87. The van der Waals surface area contributed by atoms with Crippen LogP contribution in [0.2, 0.25) is 0 Å². The number of hydrogen-bond acceptors (Lipinski definition) is 3. The third kappa shape index (κ3) is 3.67. The van der Waals surface area contributed by atoms with Crippen molar-refractivity contribution in [2.45, 2.75) is 51.0 Å². The first-order valence-electron chi connectivity index (χ1n) is 7.16. The van der Waals surface area contributed by atoms with Crippen LogP contribution in [0.3, 0.4) is 0 Å². The second-order valence-electron chi connectivity index (χ2n) is 5.94. The Labute approximate surface area is 105 Å². The first kappa shape index (κ1) is 13.3. The first-order chi connectivity index (χ1) is 8.24. The highest BCUT2D eigenvalue weighted by Crippen LogP contribution is 2.34. The molecule has 1 saturated heterocycles. The smallest absolute Gasteiger partial charge is 0.0804 e. The minimum Gasteiger partial charge on any atom is -0.381 e. The van der Waals surface area contributed by atoms with E-state index < -0.39 is 0 Å². The van der Waals surface area contributed by atoms with Gasteiger partial charge in [0.1, 0.15) is 0 Å². The minimum absolute atomic E-state index is 0.00911. The summed E-state index contributed by atoms with van der Waals surface area (Å²) in [5, 5.41) is 0. The van der Waals surface area contributed by atoms with Crippen molar-refractivity contribution in [1.82, 2.24) is 0 Å². The molecule has 1 aliphatic heterocycles. The van der Waals surface area contributed by atoms with Crippen molar-refractivity contribution in [3.63, 3.8) is 0 Å². The Morgan fingerprint density at radius 3 is 2.41 bits per heavy atom. The zero-order chi connectivity index (χ0) is 12.1. The van der Waals surface area contributed by atoms with Crippen LogP contribution in [0.25, 0.3) is 0 Å². The standard InChI is InChI=1S/C14H27NO2/c1-12-2-6-14(11-15,7-3-12)17-10-13-4-8-16-9-5-13/h12-13H,2-11,15H2,1H3. The molecule has 3 nitrogen and oxygen atoms in total. The molecule has 2 fully saturated rings. The van der Waals surface area contributed by atoms with Crippen molar-refractivity contribution in [2.24, 2.45) is 17.6 Å². The lowest BCUT2D eigenvalue weighted by molar-refractivity contribution is -0.0939. The van der Waals surface area contributed by atoms with Gasteiger partial charge in [0.15, 0.2) is 0 Å². The molecule has 0 aromatic rings. The zero-order valence-electron chi connectivity index (χ0n) is 11.1. The van der Waals surface area contributed by atoms with Gasteiger partial charge in [-0.2, -0.15) is 0 Å². The van der Waals surface area contributed by atoms with Crippen LogP contribution in [0.1, 0.15) is 45.4 Å². The van der Waals surface area contributed by atoms with Crippen molar-refractivity contribution in [2.75, 3.05) is 26.4 Å². The Balaban J connectivity index is 1.78. The van der Waals surface area contributed by atoms with Gasteiger partial charge in [-0.3, -0.25) is 0 Å². The van der Waals surface area contributed by atoms with E-state index in [-0.39, 0.29) is 5.60 Å². The predicted molar refractivity (Wildman–Crippen MR) is 68.9 cm³/mol. The van der Waals surface area contributed by atoms with Gasteiger partial charge in [-0.25, -0.2) is 0 Å². The van der Waals surface area contributed by atoms with Crippen LogP contribution in [0, 0.1) is 11.8 Å². The third-order valence-corrected chi connectivity index (χ3v) is 4.52. The molecule has 0 spiro atoms. The van der Waals surface area contributed by atoms with E-state index in [1.54, 1.807) is 0 Å². The SMILES string of the molecule is CC1CCC(CN)(OCC2CCOCC2)CC1. The second kappa shape index (κ2) is 6.17. The van der Waals surface area contributed by atoms with Gasteiger partial charge in [0.25, 0.3) is 0 Å². The van der Waals surface area contributed by atoms with E-state index >= 15 is 0 Å². The summed E-state index contributed by atoms with van der Waals surface area (Å²) in [5.74, 6) is 1.54. The van der Waals surface area contributed by atoms with Crippen LogP contribution in [0.5, 0.6) is 0 Å². The summed E-state index contributed by atoms with van der Waals surface area (Å²) >= 11 is 0. The molecule has 0 aromatic heterocycles. The average Bonchev–Trinajstić information content (AvgIpc) is 2.40. The highest BCUT2D eigenvalue weighted by Gasteiger charge is 2.34. The lowest BCUT2D eigenvalue weighted by atomic mass is 9.79. The quantitative estimate of drug-likeness (QED) is 0.821. The Hall–Kier alpha value is -0.120. The Morgan fingerprint density at radius 1 is 1.18 bits per heavy atom. The summed E-state index contributed by atoms with van der Waals surface area (Å²) in [7, 11) is 0. The fourth-order valence-electron chi connectivity index (χ4n) is 2.90. The van der Waals surface area contributed by atoms with Crippen molar-refractivity contribution in [3.8, 4) is 0 Å². The molecule has 0 amide bonds. The van der Waals surface area contributed by atoms with Crippen LogP contribution in [-0.4, -0.2) is 32.0 Å². The minimum atomic E-state index is -0.00911. The summed E-state index contributed by atoms with van der Waals surface area (Å²) in [6.07, 6.45) is 7.13. The molecule has 17 heavy (non-hydrogen) atoms. The lowest BCUT2D eigenvalue weighted by Crippen LogP contribution is -2.45. The molecule has 0 radical (unpaired) electrons. The molecule has 0 bridgehead atoms. The van der Waals surface area contributed by atoms with E-state index in [1.165, 1.54) is 12.8 Å². The van der Waals surface area contributed by atoms with Gasteiger partial charge in [-0.05, 0) is 50.4 Å². The van der Waals surface area contributed by atoms with Crippen LogP contribution >= 0.6 is 0 Å². The molecule has 1 heterocycles.